The minimum Gasteiger partial charge on any atom is -0.493 e. The molecule has 10 heteroatoms. The zero-order valence-electron chi connectivity index (χ0n) is 20.8. The highest BCUT2D eigenvalue weighted by molar-refractivity contribution is 6.39. The van der Waals surface area contributed by atoms with Crippen LogP contribution in [0.25, 0.3) is 6.08 Å². The highest BCUT2D eigenvalue weighted by Crippen LogP contribution is 2.30. The van der Waals surface area contributed by atoms with E-state index in [1.54, 1.807) is 18.2 Å². The molecule has 0 unspecified atom stereocenters. The fraction of sp³-hybridized carbons (Fsp3) is 0.143. The topological polar surface area (TPSA) is 114 Å². The number of carbonyl (C=O) groups excluding carboxylic acids is 4. The Morgan fingerprint density at radius 2 is 1.71 bits per heavy atom. The van der Waals surface area contributed by atoms with Crippen LogP contribution < -0.4 is 25.0 Å². The second-order valence-electron chi connectivity index (χ2n) is 8.48. The molecular formula is C28H24ClN3O6. The van der Waals surface area contributed by atoms with Gasteiger partial charge in [0.1, 0.15) is 5.57 Å². The Labute approximate surface area is 224 Å². The summed E-state index contributed by atoms with van der Waals surface area (Å²) in [7, 11) is 1.42. The molecule has 0 aliphatic carbocycles. The quantitative estimate of drug-likeness (QED) is 0.337. The number of urea groups is 1. The van der Waals surface area contributed by atoms with E-state index in [9.17, 15) is 19.2 Å². The average Bonchev–Trinajstić information content (AvgIpc) is 2.88. The summed E-state index contributed by atoms with van der Waals surface area (Å²) in [6.45, 7) is 3.69. The minimum atomic E-state index is -0.861. The third-order valence-electron chi connectivity index (χ3n) is 5.83. The van der Waals surface area contributed by atoms with Crippen LogP contribution in [0.5, 0.6) is 11.5 Å². The van der Waals surface area contributed by atoms with Crippen LogP contribution in [0.15, 0.2) is 66.2 Å². The van der Waals surface area contributed by atoms with Crippen molar-refractivity contribution in [2.45, 2.75) is 13.8 Å². The van der Waals surface area contributed by atoms with Crippen LogP contribution in [-0.4, -0.2) is 37.5 Å². The van der Waals surface area contributed by atoms with Gasteiger partial charge in [-0.15, -0.1) is 0 Å². The van der Waals surface area contributed by atoms with E-state index in [2.05, 4.69) is 10.6 Å². The maximum atomic E-state index is 13.1. The number of anilines is 2. The van der Waals surface area contributed by atoms with Gasteiger partial charge in [0.15, 0.2) is 18.1 Å². The molecule has 0 aromatic heterocycles. The Morgan fingerprint density at radius 1 is 0.974 bits per heavy atom. The summed E-state index contributed by atoms with van der Waals surface area (Å²) in [5, 5.41) is 5.38. The molecule has 2 N–H and O–H groups in total. The second kappa shape index (κ2) is 11.2. The lowest BCUT2D eigenvalue weighted by Crippen LogP contribution is -2.54. The number of imide groups is 2. The van der Waals surface area contributed by atoms with Crippen LogP contribution in [0, 0.1) is 13.8 Å². The van der Waals surface area contributed by atoms with Crippen LogP contribution in [0.2, 0.25) is 5.02 Å². The molecule has 5 amide bonds. The van der Waals surface area contributed by atoms with Gasteiger partial charge in [0, 0.05) is 10.7 Å². The van der Waals surface area contributed by atoms with Crippen LogP contribution in [0.3, 0.4) is 0 Å². The Bertz CT molecular complexity index is 1470. The van der Waals surface area contributed by atoms with E-state index in [1.807, 2.05) is 32.0 Å². The molecule has 0 bridgehead atoms. The third-order valence-corrected chi connectivity index (χ3v) is 6.09. The second-order valence-corrected chi connectivity index (χ2v) is 8.92. The van der Waals surface area contributed by atoms with E-state index in [0.29, 0.717) is 22.0 Å². The molecule has 1 aliphatic rings. The molecule has 1 heterocycles. The number of ether oxygens (including phenoxy) is 2. The Kier molecular flexibility index (Phi) is 7.78. The number of barbiturate groups is 1. The van der Waals surface area contributed by atoms with E-state index < -0.39 is 17.8 Å². The van der Waals surface area contributed by atoms with Crippen molar-refractivity contribution >= 4 is 52.8 Å². The van der Waals surface area contributed by atoms with Crippen molar-refractivity contribution in [3.63, 3.8) is 0 Å². The van der Waals surface area contributed by atoms with Gasteiger partial charge in [-0.1, -0.05) is 23.7 Å². The van der Waals surface area contributed by atoms with E-state index >= 15 is 0 Å². The summed E-state index contributed by atoms with van der Waals surface area (Å²) in [5.41, 5.74) is 3.30. The normalized spacial score (nSPS) is 14.4. The number of hydrogen-bond acceptors (Lipinski definition) is 6. The molecule has 0 spiro atoms. The van der Waals surface area contributed by atoms with Gasteiger partial charge in [-0.05, 0) is 85.1 Å². The van der Waals surface area contributed by atoms with E-state index in [-0.39, 0.29) is 29.5 Å². The summed E-state index contributed by atoms with van der Waals surface area (Å²) in [4.78, 5) is 51.1. The minimum absolute atomic E-state index is 0.247. The number of methoxy groups -OCH3 is 1. The molecule has 38 heavy (non-hydrogen) atoms. The summed E-state index contributed by atoms with van der Waals surface area (Å²) < 4.78 is 11.0. The van der Waals surface area contributed by atoms with E-state index in [1.165, 1.54) is 37.5 Å². The largest absolute Gasteiger partial charge is 0.493 e. The van der Waals surface area contributed by atoms with E-state index in [4.69, 9.17) is 21.1 Å². The van der Waals surface area contributed by atoms with Crippen molar-refractivity contribution in [1.82, 2.24) is 5.32 Å². The van der Waals surface area contributed by atoms with Crippen molar-refractivity contribution < 1.29 is 28.7 Å². The monoisotopic (exact) mass is 533 g/mol. The molecule has 1 fully saturated rings. The molecule has 194 valence electrons. The van der Waals surface area contributed by atoms with Gasteiger partial charge in [-0.3, -0.25) is 19.7 Å². The van der Waals surface area contributed by atoms with Gasteiger partial charge in [0.2, 0.25) is 0 Å². The smallest absolute Gasteiger partial charge is 0.335 e. The maximum Gasteiger partial charge on any atom is 0.335 e. The summed E-state index contributed by atoms with van der Waals surface area (Å²) in [5.74, 6) is -1.39. The van der Waals surface area contributed by atoms with Gasteiger partial charge in [-0.2, -0.15) is 0 Å². The molecule has 1 aliphatic heterocycles. The predicted molar refractivity (Wildman–Crippen MR) is 143 cm³/mol. The zero-order valence-corrected chi connectivity index (χ0v) is 21.6. The number of carbonyl (C=O) groups is 4. The van der Waals surface area contributed by atoms with E-state index in [0.717, 1.165) is 16.0 Å². The molecule has 3 aromatic carbocycles. The highest BCUT2D eigenvalue weighted by Gasteiger charge is 2.36. The van der Waals surface area contributed by atoms with Gasteiger partial charge in [-0.25, -0.2) is 9.69 Å². The van der Waals surface area contributed by atoms with Crippen molar-refractivity contribution in [2.24, 2.45) is 0 Å². The molecule has 4 rings (SSSR count). The Hall–Kier alpha value is -4.63. The number of nitrogens with zero attached hydrogens (tertiary/aromatic N) is 1. The highest BCUT2D eigenvalue weighted by atomic mass is 35.5. The Balaban J connectivity index is 1.50. The van der Waals surface area contributed by atoms with Gasteiger partial charge in [0.25, 0.3) is 17.7 Å². The lowest BCUT2D eigenvalue weighted by atomic mass is 10.1. The standard InChI is InChI=1S/C28H24ClN3O6/c1-16-4-8-20(12-17(16)2)30-25(33)15-38-23-11-5-18(14-24(23)37-3)13-22-26(34)31-28(36)32(27(22)35)21-9-6-19(29)7-10-21/h4-14H,15H2,1-3H3,(H,30,33)(H,31,34,36)/b22-13-. The van der Waals surface area contributed by atoms with Crippen molar-refractivity contribution in [3.05, 3.63) is 87.9 Å². The number of hydrogen-bond donors (Lipinski definition) is 2. The number of aryl methyl sites for hydroxylation is 2. The zero-order chi connectivity index (χ0) is 27.4. The third kappa shape index (κ3) is 5.84. The molecule has 1 saturated heterocycles. The predicted octanol–water partition coefficient (Wildman–Crippen LogP) is 4.65. The first kappa shape index (κ1) is 26.4. The SMILES string of the molecule is COc1cc(/C=C2/C(=O)NC(=O)N(c3ccc(Cl)cc3)C2=O)ccc1OCC(=O)Nc1ccc(C)c(C)c1. The number of halogens is 1. The lowest BCUT2D eigenvalue weighted by Gasteiger charge is -2.26. The summed E-state index contributed by atoms with van der Waals surface area (Å²) in [6.07, 6.45) is 1.34. The van der Waals surface area contributed by atoms with Gasteiger partial charge < -0.3 is 14.8 Å². The first-order chi connectivity index (χ1) is 18.2. The molecule has 0 radical (unpaired) electrons. The number of benzene rings is 3. The van der Waals surface area contributed by atoms with Crippen molar-refractivity contribution in [2.75, 3.05) is 23.9 Å². The molecule has 0 atom stereocenters. The fourth-order valence-corrected chi connectivity index (χ4v) is 3.83. The fourth-order valence-electron chi connectivity index (χ4n) is 3.70. The Morgan fingerprint density at radius 3 is 2.39 bits per heavy atom. The summed E-state index contributed by atoms with van der Waals surface area (Å²) >= 11 is 5.90. The number of nitrogens with one attached hydrogen (secondary N) is 2. The number of rotatable bonds is 7. The maximum absolute atomic E-state index is 13.1. The van der Waals surface area contributed by atoms with Crippen LogP contribution in [-0.2, 0) is 14.4 Å². The first-order valence-corrected chi connectivity index (χ1v) is 11.9. The average molecular weight is 534 g/mol. The van der Waals surface area contributed by atoms with Gasteiger partial charge >= 0.3 is 6.03 Å². The molecule has 9 nitrogen and oxygen atoms in total. The van der Waals surface area contributed by atoms with Crippen LogP contribution in [0.1, 0.15) is 16.7 Å². The van der Waals surface area contributed by atoms with Gasteiger partial charge in [0.05, 0.1) is 12.8 Å². The van der Waals surface area contributed by atoms with Crippen molar-refractivity contribution in [3.8, 4) is 11.5 Å². The number of amides is 5. The van der Waals surface area contributed by atoms with Crippen molar-refractivity contribution in [1.29, 1.82) is 0 Å². The molecular weight excluding hydrogens is 510 g/mol. The first-order valence-electron chi connectivity index (χ1n) is 11.5. The molecule has 3 aromatic rings. The van der Waals surface area contributed by atoms with Crippen LogP contribution >= 0.6 is 11.6 Å². The lowest BCUT2D eigenvalue weighted by molar-refractivity contribution is -0.122. The van der Waals surface area contributed by atoms with Crippen LogP contribution in [0.4, 0.5) is 16.2 Å². The molecule has 0 saturated carbocycles. The summed E-state index contributed by atoms with van der Waals surface area (Å²) in [6, 6.07) is 15.5.